The lowest BCUT2D eigenvalue weighted by Gasteiger charge is -2.32. The number of likely N-dealkylation sites (tertiary alicyclic amines) is 1. The Morgan fingerprint density at radius 1 is 1.22 bits per heavy atom. The summed E-state index contributed by atoms with van der Waals surface area (Å²) in [5.41, 5.74) is 0.920. The number of carbonyl (C=O) groups is 2. The van der Waals surface area contributed by atoms with Crippen molar-refractivity contribution in [3.8, 4) is 0 Å². The highest BCUT2D eigenvalue weighted by molar-refractivity contribution is 5.92. The Kier molecular flexibility index (Phi) is 3.73. The molecule has 0 aromatic heterocycles. The van der Waals surface area contributed by atoms with Gasteiger partial charge in [-0.3, -0.25) is 4.79 Å². The summed E-state index contributed by atoms with van der Waals surface area (Å²) >= 11 is 0. The van der Waals surface area contributed by atoms with Crippen LogP contribution < -0.4 is 0 Å². The molecule has 2 rings (SSSR count). The summed E-state index contributed by atoms with van der Waals surface area (Å²) in [5, 5.41) is 9.30. The first-order valence-corrected chi connectivity index (χ1v) is 6.70. The Morgan fingerprint density at radius 3 is 2.50 bits per heavy atom. The summed E-state index contributed by atoms with van der Waals surface area (Å²) in [7, 11) is 0. The van der Waals surface area contributed by atoms with Gasteiger partial charge in [0.05, 0.1) is 0 Å². The highest BCUT2D eigenvalue weighted by Crippen LogP contribution is 2.39. The van der Waals surface area contributed by atoms with Crippen molar-refractivity contribution < 1.29 is 14.7 Å². The molecule has 1 saturated carbocycles. The summed E-state index contributed by atoms with van der Waals surface area (Å²) < 4.78 is 0. The summed E-state index contributed by atoms with van der Waals surface area (Å²) in [5.74, 6) is -0.605. The topological polar surface area (TPSA) is 57.6 Å². The number of carbonyl (C=O) groups excluding carboxylic acids is 1. The van der Waals surface area contributed by atoms with Crippen LogP contribution in [0.2, 0.25) is 0 Å². The maximum atomic E-state index is 12.2. The van der Waals surface area contributed by atoms with Crippen molar-refractivity contribution in [2.45, 2.75) is 58.0 Å². The first-order chi connectivity index (χ1) is 8.50. The van der Waals surface area contributed by atoms with E-state index in [2.05, 4.69) is 0 Å². The molecular formula is C14H21NO3. The molecule has 1 N–H and O–H groups in total. The van der Waals surface area contributed by atoms with Gasteiger partial charge in [0.15, 0.2) is 0 Å². The molecule has 1 saturated heterocycles. The zero-order valence-corrected chi connectivity index (χ0v) is 11.1. The van der Waals surface area contributed by atoms with Gasteiger partial charge in [-0.05, 0) is 39.0 Å². The van der Waals surface area contributed by atoms with Gasteiger partial charge in [-0.2, -0.15) is 0 Å². The number of amides is 1. The molecule has 1 aliphatic carbocycles. The maximum Gasteiger partial charge on any atom is 0.326 e. The van der Waals surface area contributed by atoms with Crippen LogP contribution in [0.1, 0.15) is 46.0 Å². The van der Waals surface area contributed by atoms with Gasteiger partial charge in [0.1, 0.15) is 6.04 Å². The molecule has 0 aromatic rings. The lowest BCUT2D eigenvalue weighted by molar-refractivity contribution is -0.148. The molecule has 1 amide bonds. The van der Waals surface area contributed by atoms with Gasteiger partial charge in [-0.15, -0.1) is 0 Å². The number of nitrogens with zero attached hydrogens (tertiary/aromatic N) is 1. The van der Waals surface area contributed by atoms with E-state index in [9.17, 15) is 14.7 Å². The highest BCUT2D eigenvalue weighted by atomic mass is 16.4. The van der Waals surface area contributed by atoms with Crippen molar-refractivity contribution >= 4 is 11.9 Å². The van der Waals surface area contributed by atoms with Crippen LogP contribution in [0.15, 0.2) is 11.6 Å². The molecule has 0 aromatic carbocycles. The second-order valence-electron chi connectivity index (χ2n) is 5.67. The van der Waals surface area contributed by atoms with Gasteiger partial charge in [0.2, 0.25) is 5.91 Å². The van der Waals surface area contributed by atoms with E-state index < -0.39 is 12.0 Å². The molecule has 0 bridgehead atoms. The molecule has 0 unspecified atom stereocenters. The van der Waals surface area contributed by atoms with E-state index in [1.165, 1.54) is 0 Å². The van der Waals surface area contributed by atoms with E-state index in [0.29, 0.717) is 12.3 Å². The van der Waals surface area contributed by atoms with Crippen LogP contribution in [0, 0.1) is 5.92 Å². The number of hydrogen-bond donors (Lipinski definition) is 1. The number of aliphatic carboxylic acids is 1. The SMILES string of the molecule is CC(C)=CC(=O)N1[C@@H]2CCCC[C@@H]2C[C@H]1C(=O)O. The normalized spacial score (nSPS) is 30.8. The molecule has 1 heterocycles. The predicted octanol–water partition coefficient (Wildman–Crippen LogP) is 2.20. The fourth-order valence-corrected chi connectivity index (χ4v) is 3.32. The van der Waals surface area contributed by atoms with Crippen LogP contribution in [-0.4, -0.2) is 34.0 Å². The fraction of sp³-hybridized carbons (Fsp3) is 0.714. The zero-order chi connectivity index (χ0) is 13.3. The van der Waals surface area contributed by atoms with Gasteiger partial charge in [-0.1, -0.05) is 18.4 Å². The third kappa shape index (κ3) is 2.42. The molecule has 2 fully saturated rings. The Bertz CT molecular complexity index is 385. The number of allylic oxidation sites excluding steroid dienone is 1. The Hall–Kier alpha value is -1.32. The van der Waals surface area contributed by atoms with Gasteiger partial charge in [0, 0.05) is 12.1 Å². The third-order valence-corrected chi connectivity index (χ3v) is 4.04. The molecule has 0 spiro atoms. The van der Waals surface area contributed by atoms with Crippen molar-refractivity contribution in [2.75, 3.05) is 0 Å². The molecule has 100 valence electrons. The summed E-state index contributed by atoms with van der Waals surface area (Å²) in [6.45, 7) is 3.73. The van der Waals surface area contributed by atoms with Crippen LogP contribution in [0.25, 0.3) is 0 Å². The summed E-state index contributed by atoms with van der Waals surface area (Å²) in [4.78, 5) is 25.2. The average molecular weight is 251 g/mol. The molecule has 1 aliphatic heterocycles. The number of carboxylic acid groups (broad SMARTS) is 1. The van der Waals surface area contributed by atoms with E-state index >= 15 is 0 Å². The lowest BCUT2D eigenvalue weighted by atomic mass is 9.85. The van der Waals surface area contributed by atoms with Crippen molar-refractivity contribution in [3.63, 3.8) is 0 Å². The Morgan fingerprint density at radius 2 is 1.89 bits per heavy atom. The van der Waals surface area contributed by atoms with Crippen LogP contribution in [-0.2, 0) is 9.59 Å². The maximum absolute atomic E-state index is 12.2. The number of carboxylic acids is 1. The molecule has 4 nitrogen and oxygen atoms in total. The van der Waals surface area contributed by atoms with E-state index in [1.807, 2.05) is 13.8 Å². The Labute approximate surface area is 108 Å². The van der Waals surface area contributed by atoms with Crippen LogP contribution in [0.5, 0.6) is 0 Å². The minimum atomic E-state index is -0.861. The van der Waals surface area contributed by atoms with E-state index in [-0.39, 0.29) is 11.9 Å². The second kappa shape index (κ2) is 5.12. The zero-order valence-electron chi connectivity index (χ0n) is 11.1. The molecular weight excluding hydrogens is 230 g/mol. The van der Waals surface area contributed by atoms with Gasteiger partial charge in [0.25, 0.3) is 0 Å². The van der Waals surface area contributed by atoms with E-state index in [1.54, 1.807) is 11.0 Å². The predicted molar refractivity (Wildman–Crippen MR) is 68.1 cm³/mol. The minimum Gasteiger partial charge on any atom is -0.480 e. The van der Waals surface area contributed by atoms with Crippen molar-refractivity contribution in [1.29, 1.82) is 0 Å². The van der Waals surface area contributed by atoms with Crippen LogP contribution in [0.3, 0.4) is 0 Å². The van der Waals surface area contributed by atoms with Crippen molar-refractivity contribution in [2.24, 2.45) is 5.92 Å². The summed E-state index contributed by atoms with van der Waals surface area (Å²) in [6, 6.07) is -0.482. The molecule has 18 heavy (non-hydrogen) atoms. The van der Waals surface area contributed by atoms with Crippen LogP contribution in [0.4, 0.5) is 0 Å². The minimum absolute atomic E-state index is 0.128. The Balaban J connectivity index is 2.24. The monoisotopic (exact) mass is 251 g/mol. The van der Waals surface area contributed by atoms with Crippen molar-refractivity contribution in [1.82, 2.24) is 4.90 Å². The van der Waals surface area contributed by atoms with Gasteiger partial charge in [-0.25, -0.2) is 4.79 Å². The quantitative estimate of drug-likeness (QED) is 0.765. The fourth-order valence-electron chi connectivity index (χ4n) is 3.32. The summed E-state index contributed by atoms with van der Waals surface area (Å²) in [6.07, 6.45) is 6.48. The average Bonchev–Trinajstić information content (AvgIpc) is 2.67. The van der Waals surface area contributed by atoms with Gasteiger partial charge >= 0.3 is 5.97 Å². The smallest absolute Gasteiger partial charge is 0.326 e. The second-order valence-corrected chi connectivity index (χ2v) is 5.67. The number of fused-ring (bicyclic) bond motifs is 1. The van der Waals surface area contributed by atoms with E-state index in [4.69, 9.17) is 0 Å². The van der Waals surface area contributed by atoms with E-state index in [0.717, 1.165) is 31.3 Å². The standard InChI is InChI=1S/C14H21NO3/c1-9(2)7-13(16)15-11-6-4-3-5-10(11)8-12(15)14(17)18/h7,10-12H,3-6,8H2,1-2H3,(H,17,18)/t10-,11-,12+/m1/s1. The largest absolute Gasteiger partial charge is 0.480 e. The highest BCUT2D eigenvalue weighted by Gasteiger charge is 2.46. The van der Waals surface area contributed by atoms with Crippen molar-refractivity contribution in [3.05, 3.63) is 11.6 Å². The number of hydrogen-bond acceptors (Lipinski definition) is 2. The van der Waals surface area contributed by atoms with Crippen LogP contribution >= 0.6 is 0 Å². The molecule has 2 aliphatic rings. The lowest BCUT2D eigenvalue weighted by Crippen LogP contribution is -2.45. The molecule has 0 radical (unpaired) electrons. The number of rotatable bonds is 2. The van der Waals surface area contributed by atoms with Gasteiger partial charge < -0.3 is 10.0 Å². The molecule has 4 heteroatoms. The molecule has 3 atom stereocenters. The first kappa shape index (κ1) is 13.1. The first-order valence-electron chi connectivity index (χ1n) is 6.70. The third-order valence-electron chi connectivity index (χ3n) is 4.04.